The second kappa shape index (κ2) is 16.7. The van der Waals surface area contributed by atoms with E-state index in [0.717, 1.165) is 6.42 Å². The van der Waals surface area contributed by atoms with E-state index in [1.165, 1.54) is 5.57 Å². The Morgan fingerprint density at radius 1 is 1.07 bits per heavy atom. The van der Waals surface area contributed by atoms with E-state index in [0.29, 0.717) is 51.4 Å². The van der Waals surface area contributed by atoms with Crippen LogP contribution >= 0.6 is 0 Å². The SMILES string of the molecule is C/C(=C/C=C\C[C@@H](O)C[C@H]1CCC[C@@H]2O[C@](O)(CC[C@H]3CC[C@@H](O3)C(=O)O1)[C@@H](O)[C@H](O)[C@H]2C)C/C=C\C=C/CCO. The van der Waals surface area contributed by atoms with Gasteiger partial charge in [0.05, 0.1) is 24.4 Å². The third kappa shape index (κ3) is 10.4. The van der Waals surface area contributed by atoms with Crippen LogP contribution in [0.1, 0.15) is 84.5 Å². The van der Waals surface area contributed by atoms with Crippen LogP contribution in [0.3, 0.4) is 0 Å². The molecule has 0 aromatic heterocycles. The minimum absolute atomic E-state index is 0.0946. The minimum atomic E-state index is -1.87. The second-order valence-corrected chi connectivity index (χ2v) is 11.8. The van der Waals surface area contributed by atoms with Crippen molar-refractivity contribution in [3.05, 3.63) is 48.1 Å². The van der Waals surface area contributed by atoms with Gasteiger partial charge < -0.3 is 39.7 Å². The lowest BCUT2D eigenvalue weighted by Crippen LogP contribution is -2.61. The molecule has 41 heavy (non-hydrogen) atoms. The van der Waals surface area contributed by atoms with Crippen molar-refractivity contribution >= 4 is 5.97 Å². The summed E-state index contributed by atoms with van der Waals surface area (Å²) in [5.41, 5.74) is 1.17. The fourth-order valence-electron chi connectivity index (χ4n) is 5.73. The predicted molar refractivity (Wildman–Crippen MR) is 155 cm³/mol. The molecule has 9 atom stereocenters. The molecule has 3 saturated heterocycles. The number of ether oxygens (including phenoxy) is 3. The molecular formula is C32H50O9. The van der Waals surface area contributed by atoms with Crippen molar-refractivity contribution in [3.63, 3.8) is 0 Å². The fourth-order valence-corrected chi connectivity index (χ4v) is 5.73. The zero-order valence-electron chi connectivity index (χ0n) is 24.5. The highest BCUT2D eigenvalue weighted by atomic mass is 16.7. The van der Waals surface area contributed by atoms with E-state index in [2.05, 4.69) is 0 Å². The van der Waals surface area contributed by atoms with Crippen LogP contribution in [0.25, 0.3) is 0 Å². The summed E-state index contributed by atoms with van der Waals surface area (Å²) in [6.45, 7) is 3.97. The van der Waals surface area contributed by atoms with E-state index in [1.807, 2.05) is 49.5 Å². The molecule has 5 N–H and O–H groups in total. The molecule has 0 unspecified atom stereocenters. The molecule has 0 saturated carbocycles. The van der Waals surface area contributed by atoms with Crippen molar-refractivity contribution in [2.24, 2.45) is 5.92 Å². The van der Waals surface area contributed by atoms with Crippen LogP contribution in [0.4, 0.5) is 0 Å². The van der Waals surface area contributed by atoms with Gasteiger partial charge in [-0.2, -0.15) is 0 Å². The topological polar surface area (TPSA) is 146 Å². The Bertz CT molecular complexity index is 928. The highest BCUT2D eigenvalue weighted by Gasteiger charge is 2.51. The Kier molecular flexibility index (Phi) is 13.7. The fraction of sp³-hybridized carbons (Fsp3) is 0.719. The molecule has 3 aliphatic rings. The van der Waals surface area contributed by atoms with Gasteiger partial charge in [0.2, 0.25) is 0 Å². The normalized spacial score (nSPS) is 36.6. The Balaban J connectivity index is 1.57. The first kappa shape index (κ1) is 33.6. The molecule has 9 nitrogen and oxygen atoms in total. The van der Waals surface area contributed by atoms with Crippen LogP contribution in [-0.2, 0) is 19.0 Å². The molecule has 0 aliphatic carbocycles. The van der Waals surface area contributed by atoms with Gasteiger partial charge in [-0.15, -0.1) is 0 Å². The number of esters is 1. The lowest BCUT2D eigenvalue weighted by atomic mass is 9.82. The monoisotopic (exact) mass is 578 g/mol. The summed E-state index contributed by atoms with van der Waals surface area (Å²) >= 11 is 0. The number of cyclic esters (lactones) is 1. The summed E-state index contributed by atoms with van der Waals surface area (Å²) in [6.07, 6.45) is 13.8. The quantitative estimate of drug-likeness (QED) is 0.194. The molecule has 4 bridgehead atoms. The Labute approximate surface area is 244 Å². The Hall–Kier alpha value is -1.85. The van der Waals surface area contributed by atoms with Crippen molar-refractivity contribution < 1.29 is 44.5 Å². The molecule has 0 radical (unpaired) electrons. The van der Waals surface area contributed by atoms with Crippen molar-refractivity contribution in [2.45, 2.75) is 133 Å². The van der Waals surface area contributed by atoms with Gasteiger partial charge in [-0.1, -0.05) is 55.0 Å². The van der Waals surface area contributed by atoms with E-state index in [4.69, 9.17) is 19.3 Å². The first-order valence-electron chi connectivity index (χ1n) is 15.2. The van der Waals surface area contributed by atoms with E-state index in [-0.39, 0.29) is 31.5 Å². The van der Waals surface area contributed by atoms with Crippen LogP contribution in [0.2, 0.25) is 0 Å². The molecule has 3 rings (SSSR count). The second-order valence-electron chi connectivity index (χ2n) is 11.8. The number of carbonyl (C=O) groups is 1. The van der Waals surface area contributed by atoms with Crippen LogP contribution in [0.15, 0.2) is 48.1 Å². The highest BCUT2D eigenvalue weighted by Crippen LogP contribution is 2.38. The summed E-state index contributed by atoms with van der Waals surface area (Å²) < 4.78 is 17.7. The minimum Gasteiger partial charge on any atom is -0.460 e. The van der Waals surface area contributed by atoms with Crippen molar-refractivity contribution in [3.8, 4) is 0 Å². The number of aliphatic hydroxyl groups excluding tert-OH is 4. The summed E-state index contributed by atoms with van der Waals surface area (Å²) in [7, 11) is 0. The maximum Gasteiger partial charge on any atom is 0.335 e. The molecule has 0 spiro atoms. The lowest BCUT2D eigenvalue weighted by Gasteiger charge is -2.47. The summed E-state index contributed by atoms with van der Waals surface area (Å²) in [5.74, 6) is -2.67. The maximum absolute atomic E-state index is 12.9. The average molecular weight is 579 g/mol. The standard InChI is InChI=1S/C32H50O9/c1-22(11-6-4-3-5-9-20-33)12-7-8-13-24(34)21-26-14-10-15-27-23(2)29(35)30(36)32(38,41-27)19-18-25-16-17-28(39-25)31(37)40-26/h3-8,12,23-30,33-36,38H,9-11,13-21H2,1-2H3/b5-3-,6-4-,8-7-,22-12-/t23-,24+,25+,26+,27-,28+,29+,30-,32+/m0/s1. The van der Waals surface area contributed by atoms with Gasteiger partial charge in [0, 0.05) is 25.4 Å². The van der Waals surface area contributed by atoms with Gasteiger partial charge in [-0.25, -0.2) is 4.79 Å². The van der Waals surface area contributed by atoms with Crippen LogP contribution in [0, 0.1) is 5.92 Å². The number of hydrogen-bond acceptors (Lipinski definition) is 9. The highest BCUT2D eigenvalue weighted by molar-refractivity contribution is 5.75. The van der Waals surface area contributed by atoms with E-state index < -0.39 is 48.4 Å². The first-order chi connectivity index (χ1) is 19.6. The number of aliphatic hydroxyl groups is 5. The number of rotatable bonds is 10. The largest absolute Gasteiger partial charge is 0.460 e. The molecule has 0 aromatic rings. The summed E-state index contributed by atoms with van der Waals surface area (Å²) in [5, 5.41) is 51.8. The van der Waals surface area contributed by atoms with E-state index in [1.54, 1.807) is 6.92 Å². The molecular weight excluding hydrogens is 528 g/mol. The zero-order chi connectivity index (χ0) is 29.8. The Morgan fingerprint density at radius 3 is 2.63 bits per heavy atom. The lowest BCUT2D eigenvalue weighted by molar-refractivity contribution is -0.340. The molecule has 9 heteroatoms. The smallest absolute Gasteiger partial charge is 0.335 e. The third-order valence-corrected chi connectivity index (χ3v) is 8.34. The molecule has 3 aliphatic heterocycles. The van der Waals surface area contributed by atoms with Gasteiger partial charge in [0.1, 0.15) is 12.2 Å². The van der Waals surface area contributed by atoms with Gasteiger partial charge in [0.15, 0.2) is 11.9 Å². The number of fused-ring (bicyclic) bond motifs is 4. The van der Waals surface area contributed by atoms with Crippen LogP contribution in [-0.4, -0.2) is 86.6 Å². The van der Waals surface area contributed by atoms with Crippen molar-refractivity contribution in [1.82, 2.24) is 0 Å². The van der Waals surface area contributed by atoms with Crippen LogP contribution in [0.5, 0.6) is 0 Å². The number of hydrogen-bond donors (Lipinski definition) is 5. The molecule has 0 aromatic carbocycles. The van der Waals surface area contributed by atoms with Crippen LogP contribution < -0.4 is 0 Å². The maximum atomic E-state index is 12.9. The van der Waals surface area contributed by atoms with E-state index in [9.17, 15) is 25.2 Å². The molecule has 3 fully saturated rings. The van der Waals surface area contributed by atoms with E-state index >= 15 is 0 Å². The zero-order valence-corrected chi connectivity index (χ0v) is 24.5. The first-order valence-corrected chi connectivity index (χ1v) is 15.2. The van der Waals surface area contributed by atoms with Gasteiger partial charge in [-0.3, -0.25) is 0 Å². The van der Waals surface area contributed by atoms with Crippen molar-refractivity contribution in [1.29, 1.82) is 0 Å². The third-order valence-electron chi connectivity index (χ3n) is 8.34. The predicted octanol–water partition coefficient (Wildman–Crippen LogP) is 3.38. The Morgan fingerprint density at radius 2 is 1.85 bits per heavy atom. The number of allylic oxidation sites excluding steroid dienone is 6. The average Bonchev–Trinajstić information content (AvgIpc) is 3.42. The number of carbonyl (C=O) groups excluding carboxylic acids is 1. The van der Waals surface area contributed by atoms with Gasteiger partial charge in [0.25, 0.3) is 0 Å². The summed E-state index contributed by atoms with van der Waals surface area (Å²) in [6, 6.07) is 0. The molecule has 232 valence electrons. The molecule has 0 amide bonds. The summed E-state index contributed by atoms with van der Waals surface area (Å²) in [4.78, 5) is 12.9. The van der Waals surface area contributed by atoms with Gasteiger partial charge >= 0.3 is 5.97 Å². The molecule has 3 heterocycles. The van der Waals surface area contributed by atoms with Gasteiger partial charge in [-0.05, 0) is 64.7 Å². The van der Waals surface area contributed by atoms with Crippen molar-refractivity contribution in [2.75, 3.05) is 6.61 Å².